The van der Waals surface area contributed by atoms with Gasteiger partial charge in [0, 0.05) is 13.1 Å². The van der Waals surface area contributed by atoms with Crippen molar-refractivity contribution in [3.8, 4) is 0 Å². The second-order valence-corrected chi connectivity index (χ2v) is 4.18. The van der Waals surface area contributed by atoms with E-state index in [1.807, 2.05) is 6.92 Å². The summed E-state index contributed by atoms with van der Waals surface area (Å²) in [6, 6.07) is -0.246. The van der Waals surface area contributed by atoms with Crippen LogP contribution in [-0.2, 0) is 9.59 Å². The van der Waals surface area contributed by atoms with Crippen LogP contribution >= 0.6 is 0 Å². The molecule has 1 saturated heterocycles. The molecule has 0 aliphatic carbocycles. The zero-order valence-corrected chi connectivity index (χ0v) is 9.36. The van der Waals surface area contributed by atoms with Crippen LogP contribution in [0.4, 0.5) is 0 Å². The third kappa shape index (κ3) is 2.47. The topological polar surface area (TPSA) is 69.6 Å². The van der Waals surface area contributed by atoms with Crippen LogP contribution in [0.5, 0.6) is 0 Å². The Kier molecular flexibility index (Phi) is 3.68. The predicted molar refractivity (Wildman–Crippen MR) is 55.4 cm³/mol. The molecule has 86 valence electrons. The van der Waals surface area contributed by atoms with Gasteiger partial charge in [-0.2, -0.15) is 0 Å². The third-order valence-electron chi connectivity index (χ3n) is 3.04. The molecule has 1 aliphatic heterocycles. The van der Waals surface area contributed by atoms with Crippen LogP contribution in [-0.4, -0.2) is 48.1 Å². The van der Waals surface area contributed by atoms with Gasteiger partial charge in [-0.25, -0.2) is 0 Å². The van der Waals surface area contributed by atoms with Gasteiger partial charge < -0.3 is 15.3 Å². The van der Waals surface area contributed by atoms with E-state index in [9.17, 15) is 9.59 Å². The first-order valence-electron chi connectivity index (χ1n) is 5.16. The first-order chi connectivity index (χ1) is 6.97. The SMILES string of the molecule is CNC(C)C(=O)N1CC(C)C(C(=O)O)C1. The number of carbonyl (C=O) groups is 2. The van der Waals surface area contributed by atoms with E-state index < -0.39 is 11.9 Å². The lowest BCUT2D eigenvalue weighted by Crippen LogP contribution is -2.42. The number of carboxylic acid groups (broad SMARTS) is 1. The van der Waals surface area contributed by atoms with Crippen LogP contribution in [0.25, 0.3) is 0 Å². The van der Waals surface area contributed by atoms with Gasteiger partial charge in [-0.3, -0.25) is 9.59 Å². The Bertz CT molecular complexity index is 267. The fraction of sp³-hybridized carbons (Fsp3) is 0.800. The Labute approximate surface area is 89.4 Å². The van der Waals surface area contributed by atoms with Crippen LogP contribution in [0.15, 0.2) is 0 Å². The first-order valence-corrected chi connectivity index (χ1v) is 5.16. The maximum atomic E-state index is 11.8. The molecule has 3 atom stereocenters. The van der Waals surface area contributed by atoms with Crippen molar-refractivity contribution in [3.63, 3.8) is 0 Å². The molecule has 0 saturated carbocycles. The van der Waals surface area contributed by atoms with E-state index in [4.69, 9.17) is 5.11 Å². The first kappa shape index (κ1) is 12.0. The van der Waals surface area contributed by atoms with Gasteiger partial charge in [0.1, 0.15) is 0 Å². The highest BCUT2D eigenvalue weighted by molar-refractivity contribution is 5.83. The number of hydrogen-bond acceptors (Lipinski definition) is 3. The number of rotatable bonds is 3. The third-order valence-corrected chi connectivity index (χ3v) is 3.04. The molecule has 1 rings (SSSR count). The molecule has 0 radical (unpaired) electrons. The van der Waals surface area contributed by atoms with Gasteiger partial charge in [-0.15, -0.1) is 0 Å². The predicted octanol–water partition coefficient (Wildman–Crippen LogP) is -0.227. The van der Waals surface area contributed by atoms with E-state index >= 15 is 0 Å². The van der Waals surface area contributed by atoms with Crippen molar-refractivity contribution in [2.75, 3.05) is 20.1 Å². The second-order valence-electron chi connectivity index (χ2n) is 4.18. The minimum Gasteiger partial charge on any atom is -0.481 e. The molecule has 5 heteroatoms. The van der Waals surface area contributed by atoms with E-state index in [0.29, 0.717) is 13.1 Å². The highest BCUT2D eigenvalue weighted by atomic mass is 16.4. The molecule has 3 unspecified atom stereocenters. The number of likely N-dealkylation sites (tertiary alicyclic amines) is 1. The molecule has 1 fully saturated rings. The number of nitrogens with zero attached hydrogens (tertiary/aromatic N) is 1. The summed E-state index contributed by atoms with van der Waals surface area (Å²) in [4.78, 5) is 24.3. The number of aliphatic carboxylic acids is 1. The van der Waals surface area contributed by atoms with Gasteiger partial charge in [-0.05, 0) is 19.9 Å². The monoisotopic (exact) mass is 214 g/mol. The minimum atomic E-state index is -0.810. The lowest BCUT2D eigenvalue weighted by molar-refractivity contribution is -0.142. The summed E-state index contributed by atoms with van der Waals surface area (Å²) in [5, 5.41) is 11.8. The Hall–Kier alpha value is -1.10. The molecule has 15 heavy (non-hydrogen) atoms. The number of likely N-dealkylation sites (N-methyl/N-ethyl adjacent to an activating group) is 1. The Morgan fingerprint density at radius 3 is 2.47 bits per heavy atom. The Balaban J connectivity index is 2.62. The molecular weight excluding hydrogens is 196 g/mol. The fourth-order valence-electron chi connectivity index (χ4n) is 1.87. The Morgan fingerprint density at radius 2 is 2.07 bits per heavy atom. The van der Waals surface area contributed by atoms with Crippen molar-refractivity contribution in [1.29, 1.82) is 0 Å². The number of hydrogen-bond donors (Lipinski definition) is 2. The molecule has 0 aromatic rings. The zero-order valence-electron chi connectivity index (χ0n) is 9.36. The molecule has 0 spiro atoms. The van der Waals surface area contributed by atoms with Gasteiger partial charge in [0.15, 0.2) is 0 Å². The lowest BCUT2D eigenvalue weighted by Gasteiger charge is -2.20. The summed E-state index contributed by atoms with van der Waals surface area (Å²) in [6.45, 7) is 4.53. The van der Waals surface area contributed by atoms with Crippen molar-refractivity contribution >= 4 is 11.9 Å². The molecule has 1 aliphatic rings. The number of carbonyl (C=O) groups excluding carboxylic acids is 1. The maximum Gasteiger partial charge on any atom is 0.308 e. The molecule has 1 amide bonds. The van der Waals surface area contributed by atoms with Gasteiger partial charge in [0.05, 0.1) is 12.0 Å². The van der Waals surface area contributed by atoms with Crippen molar-refractivity contribution in [2.45, 2.75) is 19.9 Å². The normalized spacial score (nSPS) is 27.8. The van der Waals surface area contributed by atoms with Gasteiger partial charge in [-0.1, -0.05) is 6.92 Å². The molecule has 0 aromatic carbocycles. The summed E-state index contributed by atoms with van der Waals surface area (Å²) in [5.74, 6) is -1.21. The fourth-order valence-corrected chi connectivity index (χ4v) is 1.87. The summed E-state index contributed by atoms with van der Waals surface area (Å²) < 4.78 is 0. The van der Waals surface area contributed by atoms with Crippen molar-refractivity contribution in [1.82, 2.24) is 10.2 Å². The van der Waals surface area contributed by atoms with E-state index in [-0.39, 0.29) is 17.9 Å². The van der Waals surface area contributed by atoms with Crippen LogP contribution in [0.3, 0.4) is 0 Å². The van der Waals surface area contributed by atoms with Crippen LogP contribution in [0.2, 0.25) is 0 Å². The maximum absolute atomic E-state index is 11.8. The molecule has 0 bridgehead atoms. The standard InChI is InChI=1S/C10H18N2O3/c1-6-4-12(5-8(6)10(14)15)9(13)7(2)11-3/h6-8,11H,4-5H2,1-3H3,(H,14,15). The van der Waals surface area contributed by atoms with E-state index in [0.717, 1.165) is 0 Å². The minimum absolute atomic E-state index is 0.0203. The van der Waals surface area contributed by atoms with E-state index in [1.165, 1.54) is 0 Å². The van der Waals surface area contributed by atoms with E-state index in [2.05, 4.69) is 5.32 Å². The van der Waals surface area contributed by atoms with Crippen LogP contribution in [0.1, 0.15) is 13.8 Å². The molecule has 1 heterocycles. The quantitative estimate of drug-likeness (QED) is 0.681. The largest absolute Gasteiger partial charge is 0.481 e. The molecule has 0 aromatic heterocycles. The van der Waals surface area contributed by atoms with Crippen molar-refractivity contribution in [3.05, 3.63) is 0 Å². The molecule has 2 N–H and O–H groups in total. The second kappa shape index (κ2) is 4.61. The Morgan fingerprint density at radius 1 is 1.47 bits per heavy atom. The van der Waals surface area contributed by atoms with Crippen LogP contribution < -0.4 is 5.32 Å². The smallest absolute Gasteiger partial charge is 0.308 e. The average molecular weight is 214 g/mol. The highest BCUT2D eigenvalue weighted by Crippen LogP contribution is 2.23. The summed E-state index contributed by atoms with van der Waals surface area (Å²) in [6.07, 6.45) is 0. The number of amides is 1. The summed E-state index contributed by atoms with van der Waals surface area (Å²) in [7, 11) is 1.72. The zero-order chi connectivity index (χ0) is 11.6. The molecular formula is C10H18N2O3. The van der Waals surface area contributed by atoms with Gasteiger partial charge in [0.2, 0.25) is 5.91 Å². The summed E-state index contributed by atoms with van der Waals surface area (Å²) >= 11 is 0. The number of carboxylic acids is 1. The summed E-state index contributed by atoms with van der Waals surface area (Å²) in [5.41, 5.74) is 0. The lowest BCUT2D eigenvalue weighted by atomic mass is 9.99. The molecule has 5 nitrogen and oxygen atoms in total. The van der Waals surface area contributed by atoms with Gasteiger partial charge >= 0.3 is 5.97 Å². The average Bonchev–Trinajstić information content (AvgIpc) is 2.58. The number of nitrogens with one attached hydrogen (secondary N) is 1. The van der Waals surface area contributed by atoms with E-state index in [1.54, 1.807) is 18.9 Å². The highest BCUT2D eigenvalue weighted by Gasteiger charge is 2.37. The van der Waals surface area contributed by atoms with Crippen LogP contribution in [0, 0.1) is 11.8 Å². The van der Waals surface area contributed by atoms with Crippen molar-refractivity contribution in [2.24, 2.45) is 11.8 Å². The van der Waals surface area contributed by atoms with Gasteiger partial charge in [0.25, 0.3) is 0 Å². The van der Waals surface area contributed by atoms with Crippen molar-refractivity contribution < 1.29 is 14.7 Å².